The van der Waals surface area contributed by atoms with E-state index in [2.05, 4.69) is 10.5 Å². The highest BCUT2D eigenvalue weighted by Crippen LogP contribution is 2.31. The van der Waals surface area contributed by atoms with Crippen molar-refractivity contribution < 1.29 is 14.4 Å². The molecule has 0 radical (unpaired) electrons. The van der Waals surface area contributed by atoms with E-state index < -0.39 is 6.10 Å². The third kappa shape index (κ3) is 3.92. The zero-order valence-corrected chi connectivity index (χ0v) is 14.4. The van der Waals surface area contributed by atoms with Crippen LogP contribution in [0.15, 0.2) is 28.8 Å². The smallest absolute Gasteiger partial charge is 0.257 e. The molecule has 1 aromatic heterocycles. The average Bonchev–Trinajstić information content (AvgIpc) is 2.85. The lowest BCUT2D eigenvalue weighted by Gasteiger charge is -2.25. The van der Waals surface area contributed by atoms with Crippen LogP contribution < -0.4 is 5.32 Å². The Hall–Kier alpha value is -1.85. The van der Waals surface area contributed by atoms with E-state index in [1.54, 1.807) is 25.1 Å². The fraction of sp³-hybridized carbons (Fsp3) is 0.412. The van der Waals surface area contributed by atoms with E-state index in [0.717, 1.165) is 0 Å². The van der Waals surface area contributed by atoms with Gasteiger partial charge in [0.2, 0.25) is 0 Å². The maximum atomic E-state index is 12.5. The summed E-state index contributed by atoms with van der Waals surface area (Å²) < 4.78 is 5.17. The van der Waals surface area contributed by atoms with Gasteiger partial charge in [0, 0.05) is 12.1 Å². The standard InChI is InChI=1S/C17H21ClN2O3/c1-10-14(16(22)19-9-13(21)17(2,3)4)15(20-23-10)11-7-5-6-8-12(11)18/h5-8,13,21H,9H2,1-4H3,(H,19,22). The fourth-order valence-corrected chi connectivity index (χ4v) is 2.29. The molecule has 1 unspecified atom stereocenters. The van der Waals surface area contributed by atoms with Crippen molar-refractivity contribution in [1.29, 1.82) is 0 Å². The van der Waals surface area contributed by atoms with Crippen molar-refractivity contribution >= 4 is 17.5 Å². The molecule has 0 bridgehead atoms. The predicted molar refractivity (Wildman–Crippen MR) is 89.5 cm³/mol. The first-order chi connectivity index (χ1) is 10.7. The molecule has 0 fully saturated rings. The normalized spacial score (nSPS) is 13.0. The van der Waals surface area contributed by atoms with E-state index in [9.17, 15) is 9.90 Å². The lowest BCUT2D eigenvalue weighted by atomic mass is 9.89. The first-order valence-electron chi connectivity index (χ1n) is 7.39. The topological polar surface area (TPSA) is 75.4 Å². The number of aliphatic hydroxyl groups is 1. The molecule has 0 aliphatic heterocycles. The summed E-state index contributed by atoms with van der Waals surface area (Å²) in [5.74, 6) is 0.0598. The van der Waals surface area contributed by atoms with Gasteiger partial charge in [0.1, 0.15) is 17.0 Å². The molecule has 2 N–H and O–H groups in total. The van der Waals surface area contributed by atoms with Crippen LogP contribution in [0.25, 0.3) is 11.3 Å². The second-order valence-corrected chi connectivity index (χ2v) is 6.94. The number of carbonyl (C=O) groups is 1. The number of carbonyl (C=O) groups excluding carboxylic acids is 1. The Morgan fingerprint density at radius 1 is 1.39 bits per heavy atom. The number of amides is 1. The minimum Gasteiger partial charge on any atom is -0.391 e. The zero-order valence-electron chi connectivity index (χ0n) is 13.7. The minimum atomic E-state index is -0.657. The summed E-state index contributed by atoms with van der Waals surface area (Å²) in [5, 5.41) is 17.2. The summed E-state index contributed by atoms with van der Waals surface area (Å²) >= 11 is 6.18. The lowest BCUT2D eigenvalue weighted by molar-refractivity contribution is 0.0586. The van der Waals surface area contributed by atoms with E-state index in [-0.39, 0.29) is 17.9 Å². The number of aryl methyl sites for hydroxylation is 1. The Bertz CT molecular complexity index is 704. The van der Waals surface area contributed by atoms with Crippen LogP contribution in [0.1, 0.15) is 36.9 Å². The van der Waals surface area contributed by atoms with Crippen LogP contribution in [-0.4, -0.2) is 28.8 Å². The number of benzene rings is 1. The number of nitrogens with one attached hydrogen (secondary N) is 1. The molecule has 1 atom stereocenters. The van der Waals surface area contributed by atoms with Gasteiger partial charge in [-0.3, -0.25) is 4.79 Å². The lowest BCUT2D eigenvalue weighted by Crippen LogP contribution is -2.39. The number of hydrogen-bond donors (Lipinski definition) is 2. The van der Waals surface area contributed by atoms with Gasteiger partial charge in [-0.15, -0.1) is 0 Å². The largest absolute Gasteiger partial charge is 0.391 e. The van der Waals surface area contributed by atoms with E-state index >= 15 is 0 Å². The van der Waals surface area contributed by atoms with Gasteiger partial charge in [-0.05, 0) is 18.4 Å². The summed E-state index contributed by atoms with van der Waals surface area (Å²) in [6, 6.07) is 7.13. The van der Waals surface area contributed by atoms with Crippen molar-refractivity contribution in [2.45, 2.75) is 33.8 Å². The van der Waals surface area contributed by atoms with E-state index in [1.807, 2.05) is 26.8 Å². The third-order valence-electron chi connectivity index (χ3n) is 3.67. The molecule has 0 aliphatic rings. The SMILES string of the molecule is Cc1onc(-c2ccccc2Cl)c1C(=O)NCC(O)C(C)(C)C. The number of aliphatic hydroxyl groups excluding tert-OH is 1. The van der Waals surface area contributed by atoms with Gasteiger partial charge in [0.05, 0.1) is 11.1 Å². The van der Waals surface area contributed by atoms with Crippen LogP contribution in [0.3, 0.4) is 0 Å². The van der Waals surface area contributed by atoms with E-state index in [1.165, 1.54) is 0 Å². The van der Waals surface area contributed by atoms with E-state index in [4.69, 9.17) is 16.1 Å². The van der Waals surface area contributed by atoms with Crippen LogP contribution in [0.2, 0.25) is 5.02 Å². The molecular weight excluding hydrogens is 316 g/mol. The molecular formula is C17H21ClN2O3. The maximum Gasteiger partial charge on any atom is 0.257 e. The molecule has 1 amide bonds. The van der Waals surface area contributed by atoms with Gasteiger partial charge in [0.25, 0.3) is 5.91 Å². The Kier molecular flexibility index (Phi) is 5.12. The van der Waals surface area contributed by atoms with Crippen LogP contribution in [-0.2, 0) is 0 Å². The van der Waals surface area contributed by atoms with Crippen molar-refractivity contribution in [2.24, 2.45) is 5.41 Å². The molecule has 0 saturated heterocycles. The number of rotatable bonds is 4. The summed E-state index contributed by atoms with van der Waals surface area (Å²) in [7, 11) is 0. The predicted octanol–water partition coefficient (Wildman–Crippen LogP) is 3.44. The highest BCUT2D eigenvalue weighted by molar-refractivity contribution is 6.33. The third-order valence-corrected chi connectivity index (χ3v) is 4.00. The average molecular weight is 337 g/mol. The van der Waals surface area contributed by atoms with Crippen LogP contribution in [0, 0.1) is 12.3 Å². The summed E-state index contributed by atoms with van der Waals surface area (Å²) in [4.78, 5) is 12.5. The molecule has 2 rings (SSSR count). The highest BCUT2D eigenvalue weighted by Gasteiger charge is 2.26. The van der Waals surface area contributed by atoms with Gasteiger partial charge in [-0.25, -0.2) is 0 Å². The zero-order chi connectivity index (χ0) is 17.2. The number of aromatic nitrogens is 1. The Morgan fingerprint density at radius 3 is 2.65 bits per heavy atom. The fourth-order valence-electron chi connectivity index (χ4n) is 2.06. The summed E-state index contributed by atoms with van der Waals surface area (Å²) in [6.07, 6.45) is -0.657. The Labute approximate surface area is 140 Å². The van der Waals surface area contributed by atoms with Crippen molar-refractivity contribution in [3.8, 4) is 11.3 Å². The molecule has 23 heavy (non-hydrogen) atoms. The molecule has 1 aromatic carbocycles. The van der Waals surface area contributed by atoms with Gasteiger partial charge < -0.3 is 14.9 Å². The van der Waals surface area contributed by atoms with Crippen molar-refractivity contribution in [3.05, 3.63) is 40.6 Å². The first kappa shape index (κ1) is 17.5. The van der Waals surface area contributed by atoms with Gasteiger partial charge in [-0.1, -0.05) is 55.7 Å². The van der Waals surface area contributed by atoms with Gasteiger partial charge in [-0.2, -0.15) is 0 Å². The molecule has 124 valence electrons. The highest BCUT2D eigenvalue weighted by atomic mass is 35.5. The van der Waals surface area contributed by atoms with Crippen LogP contribution in [0.4, 0.5) is 0 Å². The van der Waals surface area contributed by atoms with Gasteiger partial charge >= 0.3 is 0 Å². The maximum absolute atomic E-state index is 12.5. The van der Waals surface area contributed by atoms with Crippen molar-refractivity contribution in [2.75, 3.05) is 6.54 Å². The number of halogens is 1. The molecule has 6 heteroatoms. The second kappa shape index (κ2) is 6.72. The monoisotopic (exact) mass is 336 g/mol. The molecule has 1 heterocycles. The number of hydrogen-bond acceptors (Lipinski definition) is 4. The Balaban J connectivity index is 2.25. The summed E-state index contributed by atoms with van der Waals surface area (Å²) in [5.41, 5.74) is 1.05. The van der Waals surface area contributed by atoms with Crippen molar-refractivity contribution in [1.82, 2.24) is 10.5 Å². The quantitative estimate of drug-likeness (QED) is 0.896. The molecule has 5 nitrogen and oxygen atoms in total. The van der Waals surface area contributed by atoms with Crippen LogP contribution >= 0.6 is 11.6 Å². The molecule has 0 spiro atoms. The van der Waals surface area contributed by atoms with Crippen molar-refractivity contribution in [3.63, 3.8) is 0 Å². The molecule has 0 aliphatic carbocycles. The Morgan fingerprint density at radius 2 is 2.04 bits per heavy atom. The first-order valence-corrected chi connectivity index (χ1v) is 7.77. The molecule has 0 saturated carbocycles. The minimum absolute atomic E-state index is 0.148. The number of nitrogens with zero attached hydrogens (tertiary/aromatic N) is 1. The summed E-state index contributed by atoms with van der Waals surface area (Å²) in [6.45, 7) is 7.54. The molecule has 2 aromatic rings. The van der Waals surface area contributed by atoms with E-state index in [0.29, 0.717) is 27.6 Å². The van der Waals surface area contributed by atoms with Gasteiger partial charge in [0.15, 0.2) is 0 Å². The second-order valence-electron chi connectivity index (χ2n) is 6.53. The van der Waals surface area contributed by atoms with Crippen LogP contribution in [0.5, 0.6) is 0 Å².